The maximum Gasteiger partial charge on any atom is 0.434 e. The number of hydrogen-bond acceptors (Lipinski definition) is 6. The monoisotopic (exact) mass is 744 g/mol. The minimum absolute atomic E-state index is 0.00109. The molecule has 228 valence electrons. The minimum atomic E-state index is -5.03. The topological polar surface area (TPSA) is 69.9 Å². The van der Waals surface area contributed by atoms with Crippen LogP contribution in [0.15, 0.2) is 86.2 Å². The standard InChI is InChI=1S/C30H19BrCl3F3N2O4S/c1-2-42-28(41)23-24(16-5-9-19(32)10-6-16)39-27(40)22(44-29(39)38-26(23)30(35,36)37)12-17-11-20(33)13-21(34)25(17)43-14-15-3-7-18(31)8-4-15/h3-13,24H,2,14H2,1H3/b22-12-/t24-/m1/s1. The van der Waals surface area contributed by atoms with E-state index in [0.717, 1.165) is 14.6 Å². The number of nitrogens with zero attached hydrogens (tertiary/aromatic N) is 2. The predicted octanol–water partition coefficient (Wildman–Crippen LogP) is 7.64. The number of alkyl halides is 3. The molecule has 0 fully saturated rings. The molecule has 0 saturated heterocycles. The van der Waals surface area contributed by atoms with Crippen LogP contribution in [-0.4, -0.2) is 23.3 Å². The molecule has 3 aromatic carbocycles. The summed E-state index contributed by atoms with van der Waals surface area (Å²) in [6.45, 7) is 1.40. The molecule has 0 spiro atoms. The molecule has 0 unspecified atom stereocenters. The Balaban J connectivity index is 1.71. The highest BCUT2D eigenvalue weighted by atomic mass is 79.9. The number of rotatable bonds is 7. The van der Waals surface area contributed by atoms with E-state index < -0.39 is 35.0 Å². The first-order valence-electron chi connectivity index (χ1n) is 12.8. The van der Waals surface area contributed by atoms with Gasteiger partial charge in [0.05, 0.1) is 27.8 Å². The van der Waals surface area contributed by atoms with E-state index in [4.69, 9.17) is 44.3 Å². The van der Waals surface area contributed by atoms with Gasteiger partial charge in [-0.25, -0.2) is 9.79 Å². The lowest BCUT2D eigenvalue weighted by molar-refractivity contribution is -0.140. The SMILES string of the molecule is CCOC(=O)C1=C(C(F)(F)F)N=c2s/c(=C\c3cc(Cl)cc(Cl)c3OCc3ccc(Br)cc3)c(=O)n2[C@@H]1c1ccc(Cl)cc1. The number of fused-ring (bicyclic) bond motifs is 1. The third-order valence-electron chi connectivity index (χ3n) is 6.40. The fraction of sp³-hybridized carbons (Fsp3) is 0.167. The predicted molar refractivity (Wildman–Crippen MR) is 167 cm³/mol. The first-order chi connectivity index (χ1) is 20.9. The number of carbonyl (C=O) groups excluding carboxylic acids is 1. The summed E-state index contributed by atoms with van der Waals surface area (Å²) in [6, 6.07) is 14.7. The number of halogens is 7. The van der Waals surface area contributed by atoms with Crippen LogP contribution in [-0.2, 0) is 16.1 Å². The van der Waals surface area contributed by atoms with Crippen LogP contribution < -0.4 is 19.6 Å². The maximum atomic E-state index is 14.4. The second kappa shape index (κ2) is 13.1. The van der Waals surface area contributed by atoms with Gasteiger partial charge in [-0.3, -0.25) is 9.36 Å². The highest BCUT2D eigenvalue weighted by molar-refractivity contribution is 9.10. The van der Waals surface area contributed by atoms with Crippen molar-refractivity contribution in [2.45, 2.75) is 25.7 Å². The number of aromatic nitrogens is 1. The molecule has 2 heterocycles. The first-order valence-corrected chi connectivity index (χ1v) is 15.5. The van der Waals surface area contributed by atoms with Gasteiger partial charge in [0, 0.05) is 20.1 Å². The smallest absolute Gasteiger partial charge is 0.434 e. The molecule has 5 rings (SSSR count). The summed E-state index contributed by atoms with van der Waals surface area (Å²) in [5, 5.41) is 0.719. The van der Waals surface area contributed by atoms with Crippen molar-refractivity contribution in [3.63, 3.8) is 0 Å². The van der Waals surface area contributed by atoms with Crippen LogP contribution in [0.3, 0.4) is 0 Å². The highest BCUT2D eigenvalue weighted by Crippen LogP contribution is 2.39. The molecular formula is C30H19BrCl3F3N2O4S. The van der Waals surface area contributed by atoms with Crippen molar-refractivity contribution in [3.05, 3.63) is 128 Å². The molecule has 1 aliphatic rings. The molecule has 0 bridgehead atoms. The fourth-order valence-corrected chi connectivity index (χ4v) is 6.46. The van der Waals surface area contributed by atoms with Gasteiger partial charge in [-0.1, -0.05) is 86.3 Å². The normalized spacial score (nSPS) is 15.2. The van der Waals surface area contributed by atoms with Crippen molar-refractivity contribution in [1.82, 2.24) is 4.57 Å². The molecule has 1 atom stereocenters. The molecule has 44 heavy (non-hydrogen) atoms. The van der Waals surface area contributed by atoms with Gasteiger partial charge in [0.1, 0.15) is 12.4 Å². The zero-order chi connectivity index (χ0) is 31.8. The summed E-state index contributed by atoms with van der Waals surface area (Å²) in [7, 11) is 0. The molecular weight excluding hydrogens is 728 g/mol. The summed E-state index contributed by atoms with van der Waals surface area (Å²) in [5.41, 5.74) is -1.62. The van der Waals surface area contributed by atoms with Crippen LogP contribution in [0, 0.1) is 0 Å². The van der Waals surface area contributed by atoms with Gasteiger partial charge in [-0.15, -0.1) is 0 Å². The summed E-state index contributed by atoms with van der Waals surface area (Å²) < 4.78 is 56.0. The van der Waals surface area contributed by atoms with Crippen LogP contribution in [0.4, 0.5) is 13.2 Å². The molecule has 14 heteroatoms. The Labute approximate surface area is 275 Å². The Morgan fingerprint density at radius 1 is 1.07 bits per heavy atom. The highest BCUT2D eigenvalue weighted by Gasteiger charge is 2.45. The molecule has 0 N–H and O–H groups in total. The quantitative estimate of drug-likeness (QED) is 0.183. The number of carbonyl (C=O) groups is 1. The summed E-state index contributed by atoms with van der Waals surface area (Å²) >= 11 is 22.9. The van der Waals surface area contributed by atoms with Crippen molar-refractivity contribution in [2.75, 3.05) is 6.61 Å². The van der Waals surface area contributed by atoms with E-state index in [9.17, 15) is 22.8 Å². The lowest BCUT2D eigenvalue weighted by Gasteiger charge is -2.26. The van der Waals surface area contributed by atoms with E-state index in [1.165, 1.54) is 49.4 Å². The van der Waals surface area contributed by atoms with Crippen LogP contribution in [0.25, 0.3) is 6.08 Å². The molecule has 1 aromatic heterocycles. The first kappa shape index (κ1) is 32.3. The molecule has 0 radical (unpaired) electrons. The lowest BCUT2D eigenvalue weighted by Crippen LogP contribution is -2.41. The van der Waals surface area contributed by atoms with Gasteiger partial charge in [-0.05, 0) is 60.5 Å². The van der Waals surface area contributed by atoms with Crippen molar-refractivity contribution in [3.8, 4) is 5.75 Å². The Morgan fingerprint density at radius 3 is 2.39 bits per heavy atom. The van der Waals surface area contributed by atoms with E-state index in [2.05, 4.69) is 20.9 Å². The molecule has 0 saturated carbocycles. The number of esters is 1. The van der Waals surface area contributed by atoms with E-state index in [1.54, 1.807) is 0 Å². The van der Waals surface area contributed by atoms with Crippen molar-refractivity contribution >= 4 is 74.1 Å². The van der Waals surface area contributed by atoms with Gasteiger partial charge in [0.15, 0.2) is 10.5 Å². The largest absolute Gasteiger partial charge is 0.487 e. The van der Waals surface area contributed by atoms with Gasteiger partial charge < -0.3 is 9.47 Å². The summed E-state index contributed by atoms with van der Waals surface area (Å²) in [5.74, 6) is -1.04. The average Bonchev–Trinajstić information content (AvgIpc) is 3.27. The molecule has 0 aliphatic carbocycles. The van der Waals surface area contributed by atoms with Crippen LogP contribution in [0.5, 0.6) is 5.75 Å². The zero-order valence-electron chi connectivity index (χ0n) is 22.4. The van der Waals surface area contributed by atoms with E-state index in [1.807, 2.05) is 24.3 Å². The molecule has 6 nitrogen and oxygen atoms in total. The Kier molecular flexibility index (Phi) is 9.62. The number of hydrogen-bond donors (Lipinski definition) is 0. The summed E-state index contributed by atoms with van der Waals surface area (Å²) in [4.78, 5) is 30.4. The lowest BCUT2D eigenvalue weighted by atomic mass is 9.95. The Hall–Kier alpha value is -3.09. The third-order valence-corrected chi connectivity index (χ3v) is 8.66. The van der Waals surface area contributed by atoms with E-state index in [-0.39, 0.29) is 43.9 Å². The number of benzene rings is 3. The average molecular weight is 747 g/mol. The second-order valence-corrected chi connectivity index (χ2v) is 12.5. The van der Waals surface area contributed by atoms with E-state index in [0.29, 0.717) is 21.9 Å². The van der Waals surface area contributed by atoms with Crippen molar-refractivity contribution in [1.29, 1.82) is 0 Å². The van der Waals surface area contributed by atoms with Gasteiger partial charge in [0.25, 0.3) is 5.56 Å². The van der Waals surface area contributed by atoms with Gasteiger partial charge >= 0.3 is 12.1 Å². The van der Waals surface area contributed by atoms with Crippen molar-refractivity contribution < 1.29 is 27.4 Å². The number of allylic oxidation sites excluding steroid dienone is 1. The van der Waals surface area contributed by atoms with Gasteiger partial charge in [0.2, 0.25) is 0 Å². The molecule has 1 aliphatic heterocycles. The van der Waals surface area contributed by atoms with Crippen LogP contribution in [0.2, 0.25) is 15.1 Å². The van der Waals surface area contributed by atoms with Gasteiger partial charge in [-0.2, -0.15) is 13.2 Å². The molecule has 4 aromatic rings. The number of ether oxygens (including phenoxy) is 2. The zero-order valence-corrected chi connectivity index (χ0v) is 27.1. The third kappa shape index (κ3) is 6.77. The minimum Gasteiger partial charge on any atom is -0.487 e. The second-order valence-electron chi connectivity index (χ2n) is 9.34. The van der Waals surface area contributed by atoms with Crippen molar-refractivity contribution in [2.24, 2.45) is 4.99 Å². The fourth-order valence-electron chi connectivity index (χ4n) is 4.52. The Morgan fingerprint density at radius 2 is 1.75 bits per heavy atom. The molecule has 0 amide bonds. The maximum absolute atomic E-state index is 14.4. The van der Waals surface area contributed by atoms with E-state index >= 15 is 0 Å². The number of thiazole rings is 1. The van der Waals surface area contributed by atoms with Crippen LogP contribution in [0.1, 0.15) is 29.7 Å². The Bertz CT molecular complexity index is 1960. The summed E-state index contributed by atoms with van der Waals surface area (Å²) in [6.07, 6.45) is -3.62. The van der Waals surface area contributed by atoms with Crippen LogP contribution >= 0.6 is 62.1 Å².